The molecule has 92 valence electrons. The number of aliphatic carboxylic acids is 2. The summed E-state index contributed by atoms with van der Waals surface area (Å²) in [6, 6.07) is 0. The van der Waals surface area contributed by atoms with Crippen molar-refractivity contribution in [3.8, 4) is 0 Å². The second kappa shape index (κ2) is 11.5. The Morgan fingerprint density at radius 1 is 1.19 bits per heavy atom. The van der Waals surface area contributed by atoms with Gasteiger partial charge < -0.3 is 15.1 Å². The van der Waals surface area contributed by atoms with Gasteiger partial charge in [0.15, 0.2) is 0 Å². The van der Waals surface area contributed by atoms with Gasteiger partial charge >= 0.3 is 11.9 Å². The third-order valence-corrected chi connectivity index (χ3v) is 1.31. The monoisotopic (exact) mass is 229 g/mol. The fraction of sp³-hybridized carbons (Fsp3) is 0.545. The molecule has 0 fully saturated rings. The first kappa shape index (κ1) is 16.8. The summed E-state index contributed by atoms with van der Waals surface area (Å²) in [5.74, 6) is -3.65. The first-order chi connectivity index (χ1) is 7.41. The van der Waals surface area contributed by atoms with E-state index in [0.717, 1.165) is 13.0 Å². The summed E-state index contributed by atoms with van der Waals surface area (Å²) in [4.78, 5) is 20.3. The minimum absolute atomic E-state index is 0.986. The number of carbonyl (C=O) groups is 2. The van der Waals surface area contributed by atoms with E-state index in [1.54, 1.807) is 0 Å². The van der Waals surface area contributed by atoms with Gasteiger partial charge in [0.25, 0.3) is 0 Å². The molecule has 2 N–H and O–H groups in total. The predicted octanol–water partition coefficient (Wildman–Crippen LogP) is 1.22. The first-order valence-electron chi connectivity index (χ1n) is 4.92. The third kappa shape index (κ3) is 18.3. The summed E-state index contributed by atoms with van der Waals surface area (Å²) in [5.41, 5.74) is 3.13. The van der Waals surface area contributed by atoms with Crippen molar-refractivity contribution >= 4 is 11.9 Å². The van der Waals surface area contributed by atoms with Crippen molar-refractivity contribution in [2.24, 2.45) is 0 Å². The molecule has 0 aromatic rings. The molecule has 0 bridgehead atoms. The maximum atomic E-state index is 9.10. The lowest BCUT2D eigenvalue weighted by Crippen LogP contribution is -2.09. The van der Waals surface area contributed by atoms with Crippen LogP contribution in [0.5, 0.6) is 0 Å². The van der Waals surface area contributed by atoms with Crippen LogP contribution in [-0.2, 0) is 9.59 Å². The molecule has 0 atom stereocenters. The highest BCUT2D eigenvalue weighted by molar-refractivity contribution is 6.27. The van der Waals surface area contributed by atoms with Crippen LogP contribution in [0.4, 0.5) is 0 Å². The van der Waals surface area contributed by atoms with Gasteiger partial charge in [0.1, 0.15) is 0 Å². The molecule has 0 aliphatic heterocycles. The number of carboxylic acid groups (broad SMARTS) is 2. The van der Waals surface area contributed by atoms with Crippen molar-refractivity contribution in [2.45, 2.75) is 19.8 Å². The van der Waals surface area contributed by atoms with Crippen molar-refractivity contribution in [3.05, 3.63) is 17.9 Å². The molecule has 0 radical (unpaired) electrons. The Hall–Kier alpha value is -1.58. The standard InChI is InChI=1S/C9H17N.C2H2O4/c1-4-5-6-7-8-9-10(2)3;3-1(4)2(5)6/h6,8H,4-5,9H2,1-3H3;(H,3,4)(H,5,6). The molecule has 0 aliphatic carbocycles. The Kier molecular flexibility index (Phi) is 12.1. The van der Waals surface area contributed by atoms with Gasteiger partial charge in [-0.3, -0.25) is 0 Å². The smallest absolute Gasteiger partial charge is 0.414 e. The second-order valence-corrected chi connectivity index (χ2v) is 3.24. The highest BCUT2D eigenvalue weighted by Gasteiger charge is 2.04. The molecule has 0 aromatic carbocycles. The van der Waals surface area contributed by atoms with E-state index in [0.29, 0.717) is 0 Å². The lowest BCUT2D eigenvalue weighted by atomic mass is 10.3. The van der Waals surface area contributed by atoms with Crippen LogP contribution < -0.4 is 0 Å². The van der Waals surface area contributed by atoms with Crippen LogP contribution in [0.1, 0.15) is 19.8 Å². The molecule has 5 heteroatoms. The van der Waals surface area contributed by atoms with Crippen molar-refractivity contribution < 1.29 is 19.8 Å². The number of hydrogen-bond donors (Lipinski definition) is 2. The van der Waals surface area contributed by atoms with Crippen LogP contribution >= 0.6 is 0 Å². The average Bonchev–Trinajstić information content (AvgIpc) is 2.18. The highest BCUT2D eigenvalue weighted by atomic mass is 16.4. The largest absolute Gasteiger partial charge is 0.473 e. The van der Waals surface area contributed by atoms with Crippen LogP contribution in [0.3, 0.4) is 0 Å². The van der Waals surface area contributed by atoms with Crippen molar-refractivity contribution in [1.29, 1.82) is 0 Å². The minimum atomic E-state index is -1.82. The van der Waals surface area contributed by atoms with Crippen LogP contribution in [0.2, 0.25) is 0 Å². The van der Waals surface area contributed by atoms with Gasteiger partial charge in [0.2, 0.25) is 0 Å². The fourth-order valence-electron chi connectivity index (χ4n) is 0.546. The summed E-state index contributed by atoms with van der Waals surface area (Å²) >= 11 is 0. The topological polar surface area (TPSA) is 77.8 Å². The number of rotatable bonds is 4. The van der Waals surface area contributed by atoms with Crippen LogP contribution in [0, 0.1) is 0 Å². The number of unbranched alkanes of at least 4 members (excludes halogenated alkanes) is 1. The SMILES string of the molecule is CCCC=C=CCN(C)C.O=C(O)C(=O)O. The zero-order chi connectivity index (χ0) is 13.0. The average molecular weight is 229 g/mol. The quantitative estimate of drug-likeness (QED) is 0.559. The molecule has 5 nitrogen and oxygen atoms in total. The third-order valence-electron chi connectivity index (χ3n) is 1.31. The minimum Gasteiger partial charge on any atom is -0.473 e. The molecule has 0 saturated heterocycles. The van der Waals surface area contributed by atoms with E-state index in [1.807, 2.05) is 0 Å². The van der Waals surface area contributed by atoms with Gasteiger partial charge in [-0.1, -0.05) is 13.3 Å². The predicted molar refractivity (Wildman–Crippen MR) is 61.4 cm³/mol. The zero-order valence-corrected chi connectivity index (χ0v) is 9.93. The molecule has 0 aliphatic rings. The lowest BCUT2D eigenvalue weighted by Gasteiger charge is -2.01. The van der Waals surface area contributed by atoms with Gasteiger partial charge in [-0.2, -0.15) is 0 Å². The summed E-state index contributed by atoms with van der Waals surface area (Å²) in [6.45, 7) is 3.16. The van der Waals surface area contributed by atoms with E-state index in [-0.39, 0.29) is 0 Å². The summed E-state index contributed by atoms with van der Waals surface area (Å²) in [7, 11) is 4.11. The van der Waals surface area contributed by atoms with Crippen LogP contribution in [-0.4, -0.2) is 47.7 Å². The molecule has 0 amide bonds. The van der Waals surface area contributed by atoms with Crippen LogP contribution in [0.15, 0.2) is 17.9 Å². The second-order valence-electron chi connectivity index (χ2n) is 3.24. The summed E-state index contributed by atoms with van der Waals surface area (Å²) < 4.78 is 0. The van der Waals surface area contributed by atoms with Gasteiger partial charge in [0.05, 0.1) is 0 Å². The molecule has 16 heavy (non-hydrogen) atoms. The highest BCUT2D eigenvalue weighted by Crippen LogP contribution is 1.85. The van der Waals surface area contributed by atoms with Crippen LogP contribution in [0.25, 0.3) is 0 Å². The molecule has 0 spiro atoms. The maximum absolute atomic E-state index is 9.10. The number of hydrogen-bond acceptors (Lipinski definition) is 3. The molecule has 0 unspecified atom stereocenters. The van der Waals surface area contributed by atoms with Gasteiger partial charge in [0, 0.05) is 6.54 Å². The summed E-state index contributed by atoms with van der Waals surface area (Å²) in [6.07, 6.45) is 6.49. The molecule has 0 saturated carbocycles. The van der Waals surface area contributed by atoms with Crippen molar-refractivity contribution in [2.75, 3.05) is 20.6 Å². The molecule has 0 aromatic heterocycles. The normalized spacial score (nSPS) is 8.50. The van der Waals surface area contributed by atoms with E-state index in [9.17, 15) is 0 Å². The van der Waals surface area contributed by atoms with Crippen molar-refractivity contribution in [1.82, 2.24) is 4.90 Å². The van der Waals surface area contributed by atoms with E-state index in [1.165, 1.54) is 6.42 Å². The summed E-state index contributed by atoms with van der Waals surface area (Å²) in [5, 5.41) is 14.8. The van der Waals surface area contributed by atoms with E-state index in [2.05, 4.69) is 43.8 Å². The first-order valence-corrected chi connectivity index (χ1v) is 4.92. The Labute approximate surface area is 95.7 Å². The molecular weight excluding hydrogens is 210 g/mol. The molecular formula is C11H19NO4. The van der Waals surface area contributed by atoms with Gasteiger partial charge in [-0.15, -0.1) is 5.73 Å². The lowest BCUT2D eigenvalue weighted by molar-refractivity contribution is -0.159. The Morgan fingerprint density at radius 3 is 2.00 bits per heavy atom. The maximum Gasteiger partial charge on any atom is 0.414 e. The fourth-order valence-corrected chi connectivity index (χ4v) is 0.546. The number of likely N-dealkylation sites (N-methyl/N-ethyl adjacent to an activating group) is 1. The Morgan fingerprint density at radius 2 is 1.69 bits per heavy atom. The van der Waals surface area contributed by atoms with Crippen molar-refractivity contribution in [3.63, 3.8) is 0 Å². The van der Waals surface area contributed by atoms with E-state index < -0.39 is 11.9 Å². The molecule has 0 rings (SSSR count). The van der Waals surface area contributed by atoms with E-state index in [4.69, 9.17) is 19.8 Å². The zero-order valence-electron chi connectivity index (χ0n) is 9.93. The molecule has 0 heterocycles. The van der Waals surface area contributed by atoms with Gasteiger partial charge in [-0.25, -0.2) is 9.59 Å². The Balaban J connectivity index is 0. The Bertz CT molecular complexity index is 253. The van der Waals surface area contributed by atoms with Gasteiger partial charge in [-0.05, 0) is 32.7 Å². The number of nitrogens with zero attached hydrogens (tertiary/aromatic N) is 1. The van der Waals surface area contributed by atoms with E-state index >= 15 is 0 Å². The number of carboxylic acids is 2.